The van der Waals surface area contributed by atoms with Gasteiger partial charge in [-0.15, -0.1) is 0 Å². The molecule has 1 aromatic carbocycles. The van der Waals surface area contributed by atoms with Gasteiger partial charge in [0.05, 0.1) is 11.0 Å². The van der Waals surface area contributed by atoms with Gasteiger partial charge in [0, 0.05) is 47.7 Å². The Morgan fingerprint density at radius 3 is 2.84 bits per heavy atom. The van der Waals surface area contributed by atoms with E-state index in [0.29, 0.717) is 28.2 Å². The van der Waals surface area contributed by atoms with Crippen LogP contribution in [-0.2, 0) is 6.54 Å². The summed E-state index contributed by atoms with van der Waals surface area (Å²) in [6.07, 6.45) is 7.74. The zero-order valence-electron chi connectivity index (χ0n) is 16.8. The molecule has 0 unspecified atom stereocenters. The molecule has 31 heavy (non-hydrogen) atoms. The van der Waals surface area contributed by atoms with Gasteiger partial charge in [0.2, 0.25) is 0 Å². The number of benzene rings is 1. The van der Waals surface area contributed by atoms with E-state index in [9.17, 15) is 0 Å². The largest absolute Gasteiger partial charge is 0.335 e. The van der Waals surface area contributed by atoms with Gasteiger partial charge in [-0.25, -0.2) is 14.4 Å². The number of fused-ring (bicyclic) bond motifs is 2. The maximum Gasteiger partial charge on any atom is 0.178 e. The van der Waals surface area contributed by atoms with Crippen molar-refractivity contribution in [3.05, 3.63) is 60.3 Å². The second-order valence-electron chi connectivity index (χ2n) is 7.97. The van der Waals surface area contributed by atoms with Crippen molar-refractivity contribution in [2.24, 2.45) is 0 Å². The molecule has 5 aromatic rings. The van der Waals surface area contributed by atoms with Gasteiger partial charge < -0.3 is 4.98 Å². The van der Waals surface area contributed by atoms with Crippen LogP contribution in [0.2, 0.25) is 0 Å². The molecule has 0 saturated carbocycles. The first-order valence-electron chi connectivity index (χ1n) is 10.4. The molecule has 0 bridgehead atoms. The van der Waals surface area contributed by atoms with E-state index < -0.39 is 0 Å². The number of hydrogen-bond acceptors (Lipinski definition) is 5. The number of aromatic amines is 2. The summed E-state index contributed by atoms with van der Waals surface area (Å²) in [5.41, 5.74) is 5.05. The molecule has 7 nitrogen and oxygen atoms in total. The Kier molecular flexibility index (Phi) is 4.24. The zero-order valence-corrected chi connectivity index (χ0v) is 16.8. The number of pyridine rings is 2. The second-order valence-corrected chi connectivity index (χ2v) is 7.97. The fourth-order valence-corrected chi connectivity index (χ4v) is 4.32. The van der Waals surface area contributed by atoms with E-state index in [4.69, 9.17) is 0 Å². The van der Waals surface area contributed by atoms with Crippen LogP contribution < -0.4 is 0 Å². The van der Waals surface area contributed by atoms with Gasteiger partial charge in [-0.3, -0.25) is 15.0 Å². The van der Waals surface area contributed by atoms with Crippen molar-refractivity contribution in [1.29, 1.82) is 0 Å². The number of nitrogens with zero attached hydrogens (tertiary/aromatic N) is 5. The van der Waals surface area contributed by atoms with Crippen LogP contribution >= 0.6 is 0 Å². The average Bonchev–Trinajstić information content (AvgIpc) is 3.52. The van der Waals surface area contributed by atoms with E-state index >= 15 is 4.39 Å². The topological polar surface area (TPSA) is 86.4 Å². The van der Waals surface area contributed by atoms with Gasteiger partial charge in [0.25, 0.3) is 0 Å². The summed E-state index contributed by atoms with van der Waals surface area (Å²) in [7, 11) is 0. The summed E-state index contributed by atoms with van der Waals surface area (Å²) in [6, 6.07) is 9.09. The minimum absolute atomic E-state index is 0.311. The van der Waals surface area contributed by atoms with Crippen molar-refractivity contribution in [3.63, 3.8) is 0 Å². The third kappa shape index (κ3) is 3.25. The molecule has 0 radical (unpaired) electrons. The standard InChI is InChI=1S/C23H20FN7/c24-18-10-20-17(21(30-29-20)23-27-19-4-3-5-26-22(19)28-23)9-16(18)15-8-14(11-25-12-15)13-31-6-1-2-7-31/h3-5,8-12H,1-2,6-7,13H2,(H,29,30)(H,26,27,28). The lowest BCUT2D eigenvalue weighted by molar-refractivity contribution is 0.331. The molecule has 2 N–H and O–H groups in total. The fraction of sp³-hybridized carbons (Fsp3) is 0.217. The number of likely N-dealkylation sites (tertiary alicyclic amines) is 1. The molecule has 4 aromatic heterocycles. The highest BCUT2D eigenvalue weighted by atomic mass is 19.1. The maximum atomic E-state index is 15.0. The van der Waals surface area contributed by atoms with Crippen molar-refractivity contribution >= 4 is 22.1 Å². The SMILES string of the molecule is Fc1cc2[nH]nc(-c3nc4ncccc4[nH]3)c2cc1-c1cncc(CN2CCCC2)c1. The van der Waals surface area contributed by atoms with Gasteiger partial charge in [0.15, 0.2) is 11.5 Å². The van der Waals surface area contributed by atoms with Gasteiger partial charge >= 0.3 is 0 Å². The molecular formula is C23H20FN7. The predicted molar refractivity (Wildman–Crippen MR) is 117 cm³/mol. The Labute approximate surface area is 177 Å². The minimum Gasteiger partial charge on any atom is -0.335 e. The molecule has 5 heterocycles. The molecule has 1 saturated heterocycles. The quantitative estimate of drug-likeness (QED) is 0.459. The summed E-state index contributed by atoms with van der Waals surface area (Å²) in [5, 5.41) is 8.10. The first-order valence-corrected chi connectivity index (χ1v) is 10.4. The van der Waals surface area contributed by atoms with Crippen molar-refractivity contribution in [3.8, 4) is 22.6 Å². The van der Waals surface area contributed by atoms with E-state index in [1.54, 1.807) is 12.4 Å². The third-order valence-corrected chi connectivity index (χ3v) is 5.84. The molecule has 154 valence electrons. The van der Waals surface area contributed by atoms with Gasteiger partial charge in [-0.2, -0.15) is 5.10 Å². The lowest BCUT2D eigenvalue weighted by atomic mass is 10.0. The second kappa shape index (κ2) is 7.24. The zero-order chi connectivity index (χ0) is 20.8. The van der Waals surface area contributed by atoms with Crippen molar-refractivity contribution in [2.45, 2.75) is 19.4 Å². The lowest BCUT2D eigenvalue weighted by Gasteiger charge is -2.15. The highest BCUT2D eigenvalue weighted by Gasteiger charge is 2.17. The minimum atomic E-state index is -0.311. The summed E-state index contributed by atoms with van der Waals surface area (Å²) < 4.78 is 15.0. The third-order valence-electron chi connectivity index (χ3n) is 5.84. The Morgan fingerprint density at radius 1 is 1.06 bits per heavy atom. The monoisotopic (exact) mass is 413 g/mol. The van der Waals surface area contributed by atoms with Crippen LogP contribution in [0.4, 0.5) is 4.39 Å². The number of nitrogens with one attached hydrogen (secondary N) is 2. The first kappa shape index (κ1) is 18.1. The number of halogens is 1. The summed E-state index contributed by atoms with van der Waals surface area (Å²) in [6.45, 7) is 3.05. The summed E-state index contributed by atoms with van der Waals surface area (Å²) in [4.78, 5) is 18.8. The van der Waals surface area contributed by atoms with E-state index in [1.165, 1.54) is 18.9 Å². The Morgan fingerprint density at radius 2 is 1.97 bits per heavy atom. The number of rotatable bonds is 4. The Bertz CT molecular complexity index is 1360. The molecule has 0 atom stereocenters. The van der Waals surface area contributed by atoms with Crippen LogP contribution in [0.5, 0.6) is 0 Å². The highest BCUT2D eigenvalue weighted by molar-refractivity contribution is 5.95. The van der Waals surface area contributed by atoms with E-state index in [-0.39, 0.29) is 5.82 Å². The first-order chi connectivity index (χ1) is 15.2. The normalized spacial score (nSPS) is 14.7. The highest BCUT2D eigenvalue weighted by Crippen LogP contribution is 2.32. The van der Waals surface area contributed by atoms with Crippen molar-refractivity contribution < 1.29 is 4.39 Å². The lowest BCUT2D eigenvalue weighted by Crippen LogP contribution is -2.18. The molecule has 0 amide bonds. The Hall–Kier alpha value is -3.65. The number of hydrogen-bond donors (Lipinski definition) is 2. The molecule has 1 fully saturated rings. The molecule has 0 spiro atoms. The number of aromatic nitrogens is 6. The van der Waals surface area contributed by atoms with Crippen LogP contribution in [-0.4, -0.2) is 48.1 Å². The molecule has 8 heteroatoms. The summed E-state index contributed by atoms with van der Waals surface area (Å²) in [5.74, 6) is 0.285. The Balaban J connectivity index is 1.42. The van der Waals surface area contributed by atoms with Gasteiger partial charge in [-0.05, 0) is 55.8 Å². The van der Waals surface area contributed by atoms with Crippen molar-refractivity contribution in [2.75, 3.05) is 13.1 Å². The van der Waals surface area contributed by atoms with E-state index in [1.807, 2.05) is 30.5 Å². The van der Waals surface area contributed by atoms with Gasteiger partial charge in [0.1, 0.15) is 11.5 Å². The van der Waals surface area contributed by atoms with Crippen LogP contribution in [0, 0.1) is 5.82 Å². The van der Waals surface area contributed by atoms with Crippen LogP contribution in [0.25, 0.3) is 44.7 Å². The molecule has 1 aliphatic heterocycles. The smallest absolute Gasteiger partial charge is 0.178 e. The summed E-state index contributed by atoms with van der Waals surface area (Å²) >= 11 is 0. The van der Waals surface area contributed by atoms with Crippen LogP contribution in [0.1, 0.15) is 18.4 Å². The fourth-order valence-electron chi connectivity index (χ4n) is 4.32. The number of imidazole rings is 1. The molecule has 1 aliphatic rings. The maximum absolute atomic E-state index is 15.0. The molecule has 6 rings (SSSR count). The van der Waals surface area contributed by atoms with Crippen LogP contribution in [0.3, 0.4) is 0 Å². The van der Waals surface area contributed by atoms with Crippen LogP contribution in [0.15, 0.2) is 48.9 Å². The van der Waals surface area contributed by atoms with E-state index in [0.717, 1.165) is 41.7 Å². The average molecular weight is 413 g/mol. The molecular weight excluding hydrogens is 393 g/mol. The van der Waals surface area contributed by atoms with Crippen molar-refractivity contribution in [1.82, 2.24) is 35.0 Å². The van der Waals surface area contributed by atoms with E-state index in [2.05, 4.69) is 35.0 Å². The predicted octanol–water partition coefficient (Wildman–Crippen LogP) is 4.30. The molecule has 0 aliphatic carbocycles. The number of H-pyrrole nitrogens is 2. The van der Waals surface area contributed by atoms with Gasteiger partial charge in [-0.1, -0.05) is 0 Å².